The van der Waals surface area contributed by atoms with Gasteiger partial charge in [-0.25, -0.2) is 4.79 Å². The van der Waals surface area contributed by atoms with Crippen molar-refractivity contribution in [2.75, 3.05) is 20.2 Å². The first-order chi connectivity index (χ1) is 10.2. The van der Waals surface area contributed by atoms with Crippen molar-refractivity contribution in [1.29, 1.82) is 0 Å². The smallest absolute Gasteiger partial charge is 0.393 e. The molecule has 1 aliphatic rings. The maximum atomic E-state index is 12.8. The van der Waals surface area contributed by atoms with Crippen LogP contribution in [0.3, 0.4) is 0 Å². The number of ether oxygens (including phenoxy) is 1. The van der Waals surface area contributed by atoms with E-state index in [2.05, 4.69) is 5.10 Å². The summed E-state index contributed by atoms with van der Waals surface area (Å²) in [6.07, 6.45) is -3.48. The first-order valence-electron chi connectivity index (χ1n) is 7.15. The van der Waals surface area contributed by atoms with Gasteiger partial charge in [0.25, 0.3) is 0 Å². The van der Waals surface area contributed by atoms with E-state index in [1.807, 2.05) is 0 Å². The predicted octanol–water partition coefficient (Wildman–Crippen LogP) is 2.52. The van der Waals surface area contributed by atoms with Gasteiger partial charge in [-0.3, -0.25) is 9.58 Å². The second kappa shape index (κ2) is 6.28. The number of likely N-dealkylation sites (tertiary alicyclic amines) is 1. The number of carbonyl (C=O) groups excluding carboxylic acids is 1. The molecule has 0 bridgehead atoms. The molecule has 124 valence electrons. The minimum absolute atomic E-state index is 0.0323. The van der Waals surface area contributed by atoms with E-state index in [0.29, 0.717) is 29.9 Å². The van der Waals surface area contributed by atoms with Crippen LogP contribution in [0.5, 0.6) is 0 Å². The number of halogens is 3. The zero-order valence-electron chi connectivity index (χ0n) is 12.9. The highest BCUT2D eigenvalue weighted by Crippen LogP contribution is 2.33. The molecule has 0 unspecified atom stereocenters. The Morgan fingerprint density at radius 2 is 2.09 bits per heavy atom. The molecular weight excluding hydrogens is 299 g/mol. The van der Waals surface area contributed by atoms with Crippen LogP contribution in [-0.2, 0) is 11.4 Å². The van der Waals surface area contributed by atoms with Crippen LogP contribution in [0.2, 0.25) is 0 Å². The number of hydrogen-bond donors (Lipinski definition) is 0. The molecule has 1 aromatic rings. The summed E-state index contributed by atoms with van der Waals surface area (Å²) in [4.78, 5) is 13.4. The van der Waals surface area contributed by atoms with Crippen LogP contribution >= 0.6 is 0 Å². The molecule has 0 radical (unpaired) electrons. The molecule has 0 spiro atoms. The number of rotatable bonds is 3. The summed E-state index contributed by atoms with van der Waals surface area (Å²) in [7, 11) is 1.29. The zero-order chi connectivity index (χ0) is 16.5. The highest BCUT2D eigenvalue weighted by molar-refractivity contribution is 5.91. The summed E-state index contributed by atoms with van der Waals surface area (Å²) in [5, 5.41) is 4.25. The molecular formula is C14H20F3N3O2. The number of nitrogens with zero attached hydrogens (tertiary/aromatic N) is 3. The Hall–Kier alpha value is -1.57. The fourth-order valence-electron chi connectivity index (χ4n) is 2.87. The molecule has 2 rings (SSSR count). The van der Waals surface area contributed by atoms with E-state index < -0.39 is 18.1 Å². The number of methoxy groups -OCH3 is 1. The molecule has 1 aliphatic heterocycles. The van der Waals surface area contributed by atoms with Crippen LogP contribution in [0.1, 0.15) is 34.6 Å². The number of piperidine rings is 1. The second-order valence-electron chi connectivity index (χ2n) is 5.64. The van der Waals surface area contributed by atoms with Crippen LogP contribution in [0.4, 0.5) is 13.2 Å². The third-order valence-electron chi connectivity index (χ3n) is 4.07. The number of aryl methyl sites for hydroxylation is 1. The Bertz CT molecular complexity index is 554. The van der Waals surface area contributed by atoms with Gasteiger partial charge in [0, 0.05) is 6.54 Å². The maximum absolute atomic E-state index is 12.8. The summed E-state index contributed by atoms with van der Waals surface area (Å²) in [6.45, 7) is 4.21. The van der Waals surface area contributed by atoms with Crippen LogP contribution in [0.25, 0.3) is 0 Å². The molecule has 1 saturated heterocycles. The molecule has 5 nitrogen and oxygen atoms in total. The molecule has 8 heteroatoms. The van der Waals surface area contributed by atoms with Crippen LogP contribution in [0.15, 0.2) is 0 Å². The molecule has 0 saturated carbocycles. The van der Waals surface area contributed by atoms with Crippen molar-refractivity contribution in [1.82, 2.24) is 14.7 Å². The molecule has 0 aliphatic carbocycles. The minimum Gasteiger partial charge on any atom is -0.465 e. The highest BCUT2D eigenvalue weighted by Gasteiger charge is 2.41. The summed E-state index contributed by atoms with van der Waals surface area (Å²) < 4.78 is 44.8. The summed E-state index contributed by atoms with van der Waals surface area (Å²) in [5.74, 6) is -1.77. The first kappa shape index (κ1) is 16.8. The number of alkyl halides is 3. The van der Waals surface area contributed by atoms with Crippen molar-refractivity contribution in [3.8, 4) is 0 Å². The Morgan fingerprint density at radius 3 is 2.68 bits per heavy atom. The largest absolute Gasteiger partial charge is 0.465 e. The quantitative estimate of drug-likeness (QED) is 0.803. The van der Waals surface area contributed by atoms with E-state index in [9.17, 15) is 18.0 Å². The average Bonchev–Trinajstić information content (AvgIpc) is 2.72. The topological polar surface area (TPSA) is 47.4 Å². The van der Waals surface area contributed by atoms with Gasteiger partial charge in [0.1, 0.15) is 5.56 Å². The molecule has 1 atom stereocenters. The fourth-order valence-corrected chi connectivity index (χ4v) is 2.87. The Labute approximate surface area is 127 Å². The maximum Gasteiger partial charge on any atom is 0.393 e. The van der Waals surface area contributed by atoms with Gasteiger partial charge in [0.05, 0.1) is 31.1 Å². The van der Waals surface area contributed by atoms with Gasteiger partial charge in [0.15, 0.2) is 0 Å². The third kappa shape index (κ3) is 3.43. The summed E-state index contributed by atoms with van der Waals surface area (Å²) in [6, 6.07) is 0. The van der Waals surface area contributed by atoms with Gasteiger partial charge in [-0.05, 0) is 33.2 Å². The van der Waals surface area contributed by atoms with Gasteiger partial charge in [-0.1, -0.05) is 0 Å². The van der Waals surface area contributed by atoms with Gasteiger partial charge < -0.3 is 4.74 Å². The van der Waals surface area contributed by atoms with Crippen molar-refractivity contribution >= 4 is 5.97 Å². The van der Waals surface area contributed by atoms with E-state index in [-0.39, 0.29) is 19.6 Å². The van der Waals surface area contributed by atoms with E-state index in [1.54, 1.807) is 23.4 Å². The zero-order valence-corrected chi connectivity index (χ0v) is 12.9. The van der Waals surface area contributed by atoms with Crippen LogP contribution in [-0.4, -0.2) is 47.0 Å². The van der Waals surface area contributed by atoms with E-state index in [1.165, 1.54) is 7.11 Å². The average molecular weight is 319 g/mol. The van der Waals surface area contributed by atoms with Crippen LogP contribution < -0.4 is 0 Å². The molecule has 0 aromatic carbocycles. The van der Waals surface area contributed by atoms with E-state index in [0.717, 1.165) is 0 Å². The van der Waals surface area contributed by atoms with Crippen molar-refractivity contribution in [3.63, 3.8) is 0 Å². The van der Waals surface area contributed by atoms with Crippen LogP contribution in [0, 0.1) is 19.8 Å². The second-order valence-corrected chi connectivity index (χ2v) is 5.64. The van der Waals surface area contributed by atoms with Gasteiger partial charge in [0.2, 0.25) is 0 Å². The Balaban J connectivity index is 2.13. The predicted molar refractivity (Wildman–Crippen MR) is 73.4 cm³/mol. The molecule has 1 aromatic heterocycles. The summed E-state index contributed by atoms with van der Waals surface area (Å²) >= 11 is 0. The van der Waals surface area contributed by atoms with Gasteiger partial charge >= 0.3 is 12.1 Å². The third-order valence-corrected chi connectivity index (χ3v) is 4.07. The lowest BCUT2D eigenvalue weighted by Crippen LogP contribution is -2.42. The van der Waals surface area contributed by atoms with Crippen molar-refractivity contribution in [3.05, 3.63) is 17.0 Å². The number of aromatic nitrogens is 2. The standard InChI is InChI=1S/C14H20F3N3O2/c1-9-12(13(21)22-3)10(2)20(18-9)8-19-6-4-5-11(7-19)14(15,16)17/h11H,4-8H2,1-3H3/t11-/m0/s1. The number of hydrogen-bond acceptors (Lipinski definition) is 4. The Kier molecular flexibility index (Phi) is 4.79. The highest BCUT2D eigenvalue weighted by atomic mass is 19.4. The number of esters is 1. The van der Waals surface area contributed by atoms with E-state index >= 15 is 0 Å². The van der Waals surface area contributed by atoms with E-state index in [4.69, 9.17) is 4.74 Å². The van der Waals surface area contributed by atoms with Crippen molar-refractivity contribution < 1.29 is 22.7 Å². The van der Waals surface area contributed by atoms with Crippen molar-refractivity contribution in [2.45, 2.75) is 39.5 Å². The molecule has 0 amide bonds. The summed E-state index contributed by atoms with van der Waals surface area (Å²) in [5.41, 5.74) is 1.51. The molecule has 1 fully saturated rings. The lowest BCUT2D eigenvalue weighted by Gasteiger charge is -2.33. The number of carbonyl (C=O) groups is 1. The monoisotopic (exact) mass is 319 g/mol. The first-order valence-corrected chi connectivity index (χ1v) is 7.15. The SMILES string of the molecule is COC(=O)c1c(C)nn(CN2CCC[C@H](C(F)(F)F)C2)c1C. The minimum atomic E-state index is -4.16. The lowest BCUT2D eigenvalue weighted by atomic mass is 9.98. The molecule has 0 N–H and O–H groups in total. The lowest BCUT2D eigenvalue weighted by molar-refractivity contribution is -0.188. The fraction of sp³-hybridized carbons (Fsp3) is 0.714. The van der Waals surface area contributed by atoms with Gasteiger partial charge in [-0.2, -0.15) is 18.3 Å². The Morgan fingerprint density at radius 1 is 1.41 bits per heavy atom. The van der Waals surface area contributed by atoms with Crippen molar-refractivity contribution in [2.24, 2.45) is 5.92 Å². The molecule has 22 heavy (non-hydrogen) atoms. The normalized spacial score (nSPS) is 20.2. The molecule has 2 heterocycles. The van der Waals surface area contributed by atoms with Gasteiger partial charge in [-0.15, -0.1) is 0 Å².